The normalized spacial score (nSPS) is 69.8. The number of rotatable bonds is 5. The van der Waals surface area contributed by atoms with Crippen molar-refractivity contribution in [3.05, 3.63) is 56.8 Å². The molecule has 1 heterocycles. The average Bonchev–Trinajstić information content (AvgIpc) is 3.93. The molecular weight excluding hydrogens is 653 g/mol. The first-order chi connectivity index (χ1) is 25.7. The van der Waals surface area contributed by atoms with E-state index in [-0.39, 0.29) is 11.4 Å². The molecule has 1 aromatic heterocycles. The van der Waals surface area contributed by atoms with Crippen molar-refractivity contribution in [1.29, 1.82) is 0 Å². The van der Waals surface area contributed by atoms with Crippen LogP contribution in [0, 0.1) is 159 Å². The van der Waals surface area contributed by atoms with E-state index in [4.69, 9.17) is 4.74 Å². The Kier molecular flexibility index (Phi) is 4.02. The summed E-state index contributed by atoms with van der Waals surface area (Å²) >= 11 is 2.11. The van der Waals surface area contributed by atoms with Gasteiger partial charge in [0, 0.05) is 22.6 Å². The molecule has 52 heavy (non-hydrogen) atoms. The maximum absolute atomic E-state index is 12.7. The number of hydrogen-bond acceptors (Lipinski definition) is 3. The minimum Gasteiger partial charge on any atom is -0.469 e. The molecule has 2 nitrogen and oxygen atoms in total. The predicted octanol–water partition coefficient (Wildman–Crippen LogP) is 9.06. The number of esters is 1. The second-order valence-electron chi connectivity index (χ2n) is 23.5. The van der Waals surface area contributed by atoms with Crippen LogP contribution in [0.2, 0.25) is 0 Å². The summed E-state index contributed by atoms with van der Waals surface area (Å²) in [6.45, 7) is 0. The summed E-state index contributed by atoms with van der Waals surface area (Å²) in [5.41, 5.74) is 9.24. The van der Waals surface area contributed by atoms with Gasteiger partial charge in [0.1, 0.15) is 0 Å². The fourth-order valence-electron chi connectivity index (χ4n) is 25.6. The summed E-state index contributed by atoms with van der Waals surface area (Å²) in [4.78, 5) is 14.5. The largest absolute Gasteiger partial charge is 0.469 e. The first kappa shape index (κ1) is 27.1. The van der Waals surface area contributed by atoms with Crippen molar-refractivity contribution in [2.45, 2.75) is 63.2 Å². The molecule has 0 amide bonds. The van der Waals surface area contributed by atoms with Crippen LogP contribution in [-0.2, 0) is 14.9 Å². The molecule has 14 saturated carbocycles. The van der Waals surface area contributed by atoms with Crippen LogP contribution >= 0.6 is 11.3 Å². The first-order valence-electron chi connectivity index (χ1n) is 22.9. The van der Waals surface area contributed by atoms with E-state index < -0.39 is 0 Å². The molecule has 1 aromatic rings. The summed E-state index contributed by atoms with van der Waals surface area (Å²) < 4.78 is 5.29. The topological polar surface area (TPSA) is 26.3 Å². The lowest BCUT2D eigenvalue weighted by atomic mass is 9.43. The molecule has 17 aliphatic rings. The molecule has 0 bridgehead atoms. The Bertz CT molecular complexity index is 2120. The van der Waals surface area contributed by atoms with Crippen LogP contribution in [0.4, 0.5) is 0 Å². The van der Waals surface area contributed by atoms with Gasteiger partial charge in [-0.1, -0.05) is 40.5 Å². The highest BCUT2D eigenvalue weighted by Gasteiger charge is 2.93. The maximum atomic E-state index is 12.7. The van der Waals surface area contributed by atoms with Crippen LogP contribution in [0.5, 0.6) is 0 Å². The highest BCUT2D eigenvalue weighted by Crippen LogP contribution is 2.97. The highest BCUT2D eigenvalue weighted by atomic mass is 32.1. The van der Waals surface area contributed by atoms with E-state index in [2.05, 4.69) is 57.7 Å². The van der Waals surface area contributed by atoms with E-state index in [0.29, 0.717) is 11.8 Å². The summed E-state index contributed by atoms with van der Waals surface area (Å²) in [7, 11) is 1.61. The zero-order valence-electron chi connectivity index (χ0n) is 30.5. The van der Waals surface area contributed by atoms with Crippen molar-refractivity contribution in [3.8, 4) is 0 Å². The number of allylic oxidation sites excluding steroid dienone is 6. The van der Waals surface area contributed by atoms with Gasteiger partial charge in [-0.15, -0.1) is 11.3 Å². The fraction of sp³-hybridized carbons (Fsp3) is 0.776. The summed E-state index contributed by atoms with van der Waals surface area (Å²) in [6, 6.07) is 4.99. The SMILES string of the molecule is COC(=O)CCCC1(c2cccs2)C2C3=CC4CC5CC6CC7CC8=CC9CC%10CC21C1C%10C2C9C9C8C7C7C6C6C5C4=C4C3C1C1C4C6C7C9C12. The van der Waals surface area contributed by atoms with Crippen LogP contribution in [0.15, 0.2) is 52.0 Å². The Balaban J connectivity index is 0.955. The van der Waals surface area contributed by atoms with Crippen LogP contribution in [0.25, 0.3) is 0 Å². The summed E-state index contributed by atoms with van der Waals surface area (Å²) in [5.74, 6) is 26.4. The Morgan fingerprint density at radius 3 is 2.44 bits per heavy atom. The van der Waals surface area contributed by atoms with Crippen LogP contribution in [0.1, 0.15) is 62.7 Å². The zero-order valence-corrected chi connectivity index (χ0v) is 31.3. The van der Waals surface area contributed by atoms with E-state index in [1.54, 1.807) is 37.7 Å². The molecule has 1 spiro atoms. The lowest BCUT2D eigenvalue weighted by molar-refractivity contribution is -0.140. The highest BCUT2D eigenvalue weighted by molar-refractivity contribution is 7.10. The van der Waals surface area contributed by atoms with Crippen LogP contribution in [-0.4, -0.2) is 13.1 Å². The number of thiophene rings is 1. The lowest BCUT2D eigenvalue weighted by Crippen LogP contribution is -2.58. The van der Waals surface area contributed by atoms with Crippen molar-refractivity contribution in [3.63, 3.8) is 0 Å². The minimum atomic E-state index is 0.0112. The van der Waals surface area contributed by atoms with Gasteiger partial charge in [-0.25, -0.2) is 0 Å². The van der Waals surface area contributed by atoms with Crippen molar-refractivity contribution in [2.24, 2.45) is 159 Å². The third-order valence-corrected chi connectivity index (χ3v) is 25.3. The number of ether oxygens (including phenoxy) is 1. The van der Waals surface area contributed by atoms with Gasteiger partial charge < -0.3 is 4.74 Å². The summed E-state index contributed by atoms with van der Waals surface area (Å²) in [6.07, 6.45) is 18.5. The molecule has 28 atom stereocenters. The molecule has 266 valence electrons. The number of hydrogen-bond donors (Lipinski definition) is 0. The number of carbonyl (C=O) groups excluding carboxylic acids is 1. The molecule has 3 heteroatoms. The van der Waals surface area contributed by atoms with Gasteiger partial charge in [0.05, 0.1) is 7.11 Å². The second-order valence-corrected chi connectivity index (χ2v) is 24.4. The van der Waals surface area contributed by atoms with Gasteiger partial charge in [0.15, 0.2) is 0 Å². The smallest absolute Gasteiger partial charge is 0.305 e. The second kappa shape index (κ2) is 7.72. The van der Waals surface area contributed by atoms with Gasteiger partial charge in [-0.2, -0.15) is 0 Å². The Morgan fingerprint density at radius 2 is 1.58 bits per heavy atom. The predicted molar refractivity (Wildman–Crippen MR) is 196 cm³/mol. The molecule has 0 aromatic carbocycles. The standard InChI is InChI=1S/C49H52O2S/c1-51-25(50)5-2-6-48(24-4-3-7-52-24)47-23-14-21-12-18-10-19-9-16-8-17-11-20-13-22-15-49(47,48)46-32(22)37-31(20)36-27(17)26(16)34-30(19)35-28(18)29(21)38-33(23)45(46)44-42(37)40(36)39(34)41(35)43(38)44/h3-4,7,11,14,16,18-22,26-28,30-37,39-47H,2,5-6,8-10,12-13,15H2,1H3. The average molecular weight is 705 g/mol. The van der Waals surface area contributed by atoms with Crippen molar-refractivity contribution < 1.29 is 9.53 Å². The third kappa shape index (κ3) is 2.20. The third-order valence-electron chi connectivity index (χ3n) is 24.2. The molecule has 0 saturated heterocycles. The number of fused-ring (bicyclic) bond motifs is 1. The fourth-order valence-corrected chi connectivity index (χ4v) is 26.6. The Labute approximate surface area is 312 Å². The van der Waals surface area contributed by atoms with E-state index in [1.165, 1.54) is 19.3 Å². The molecule has 0 N–H and O–H groups in total. The maximum Gasteiger partial charge on any atom is 0.305 e. The lowest BCUT2D eigenvalue weighted by Gasteiger charge is -2.61. The van der Waals surface area contributed by atoms with E-state index in [1.807, 2.05) is 5.57 Å². The minimum absolute atomic E-state index is 0.0112. The molecule has 14 fully saturated rings. The van der Waals surface area contributed by atoms with Crippen LogP contribution < -0.4 is 0 Å². The molecule has 18 rings (SSSR count). The number of carbonyl (C=O) groups is 1. The van der Waals surface area contributed by atoms with Crippen molar-refractivity contribution >= 4 is 17.3 Å². The quantitative estimate of drug-likeness (QED) is 0.226. The van der Waals surface area contributed by atoms with Gasteiger partial charge >= 0.3 is 5.97 Å². The molecule has 0 radical (unpaired) electrons. The molecular formula is C49H52O2S. The van der Waals surface area contributed by atoms with Gasteiger partial charge in [-0.05, 0) is 216 Å². The van der Waals surface area contributed by atoms with E-state index >= 15 is 0 Å². The van der Waals surface area contributed by atoms with Crippen molar-refractivity contribution in [1.82, 2.24) is 0 Å². The molecule has 28 unspecified atom stereocenters. The summed E-state index contributed by atoms with van der Waals surface area (Å²) in [5, 5.41) is 2.42. The molecule has 0 aliphatic heterocycles. The van der Waals surface area contributed by atoms with Crippen LogP contribution in [0.3, 0.4) is 0 Å². The van der Waals surface area contributed by atoms with Gasteiger partial charge in [-0.3, -0.25) is 4.79 Å². The van der Waals surface area contributed by atoms with Gasteiger partial charge in [0.2, 0.25) is 0 Å². The number of methoxy groups -OCH3 is 1. The Hall–Kier alpha value is -1.61. The van der Waals surface area contributed by atoms with Gasteiger partial charge in [0.25, 0.3) is 0 Å². The first-order valence-corrected chi connectivity index (χ1v) is 23.8. The van der Waals surface area contributed by atoms with Crippen molar-refractivity contribution in [2.75, 3.05) is 7.11 Å². The zero-order chi connectivity index (χ0) is 32.8. The molecule has 17 aliphatic carbocycles. The monoisotopic (exact) mass is 704 g/mol. The van der Waals surface area contributed by atoms with E-state index in [9.17, 15) is 4.79 Å². The van der Waals surface area contributed by atoms with E-state index in [0.717, 1.165) is 160 Å². The Morgan fingerprint density at radius 1 is 0.769 bits per heavy atom.